The van der Waals surface area contributed by atoms with Crippen molar-refractivity contribution in [1.29, 1.82) is 0 Å². The largest absolute Gasteiger partial charge is 0.240 e. The Morgan fingerprint density at radius 1 is 1.11 bits per heavy atom. The Bertz CT molecular complexity index is 483. The molecular formula is C14H22BrNO2S. The number of alkyl halides is 1. The molecular weight excluding hydrogens is 326 g/mol. The molecule has 0 radical (unpaired) electrons. The highest BCUT2D eigenvalue weighted by molar-refractivity contribution is 9.08. The van der Waals surface area contributed by atoms with Gasteiger partial charge in [-0.25, -0.2) is 13.1 Å². The molecule has 0 aliphatic rings. The maximum atomic E-state index is 12.2. The van der Waals surface area contributed by atoms with Gasteiger partial charge >= 0.3 is 0 Å². The normalized spacial score (nSPS) is 13.7. The van der Waals surface area contributed by atoms with Gasteiger partial charge in [0.2, 0.25) is 10.0 Å². The molecule has 0 spiro atoms. The standard InChI is InChI=1S/C14H22BrNO2S/c1-11(2)4-5-12(3)16-19(17,18)14-8-6-13(10-15)7-9-14/h6-9,11-12,16H,4-5,10H2,1-3H3. The van der Waals surface area contributed by atoms with Gasteiger partial charge in [0.05, 0.1) is 4.90 Å². The Balaban J connectivity index is 2.69. The van der Waals surface area contributed by atoms with E-state index in [-0.39, 0.29) is 6.04 Å². The summed E-state index contributed by atoms with van der Waals surface area (Å²) in [7, 11) is -3.40. The van der Waals surface area contributed by atoms with Crippen LogP contribution in [-0.4, -0.2) is 14.5 Å². The molecule has 0 amide bonds. The number of nitrogens with one attached hydrogen (secondary N) is 1. The van der Waals surface area contributed by atoms with E-state index in [1.807, 2.05) is 19.1 Å². The molecule has 3 nitrogen and oxygen atoms in total. The highest BCUT2D eigenvalue weighted by Crippen LogP contribution is 2.14. The minimum Gasteiger partial charge on any atom is -0.208 e. The second kappa shape index (κ2) is 7.41. The molecule has 1 atom stereocenters. The maximum absolute atomic E-state index is 12.2. The molecule has 0 bridgehead atoms. The van der Waals surface area contributed by atoms with E-state index in [1.54, 1.807) is 12.1 Å². The van der Waals surface area contributed by atoms with Crippen molar-refractivity contribution in [2.75, 3.05) is 0 Å². The fraction of sp³-hybridized carbons (Fsp3) is 0.571. The molecule has 1 aromatic carbocycles. The fourth-order valence-corrected chi connectivity index (χ4v) is 3.38. The van der Waals surface area contributed by atoms with Gasteiger partial charge in [-0.3, -0.25) is 0 Å². The van der Waals surface area contributed by atoms with Gasteiger partial charge in [-0.15, -0.1) is 0 Å². The molecule has 0 saturated carbocycles. The van der Waals surface area contributed by atoms with Crippen LogP contribution in [0.3, 0.4) is 0 Å². The molecule has 0 aromatic heterocycles. The predicted octanol–water partition coefficient (Wildman–Crippen LogP) is 3.68. The number of sulfonamides is 1. The maximum Gasteiger partial charge on any atom is 0.240 e. The van der Waals surface area contributed by atoms with E-state index >= 15 is 0 Å². The second-order valence-electron chi connectivity index (χ2n) is 5.27. The fourth-order valence-electron chi connectivity index (χ4n) is 1.73. The van der Waals surface area contributed by atoms with Crippen LogP contribution in [0.2, 0.25) is 0 Å². The first-order chi connectivity index (χ1) is 8.85. The van der Waals surface area contributed by atoms with Crippen LogP contribution in [0.25, 0.3) is 0 Å². The topological polar surface area (TPSA) is 46.2 Å². The van der Waals surface area contributed by atoms with Crippen LogP contribution in [0.1, 0.15) is 39.2 Å². The molecule has 0 saturated heterocycles. The van der Waals surface area contributed by atoms with E-state index < -0.39 is 10.0 Å². The van der Waals surface area contributed by atoms with Crippen LogP contribution in [0.4, 0.5) is 0 Å². The third-order valence-corrected chi connectivity index (χ3v) is 5.17. The second-order valence-corrected chi connectivity index (χ2v) is 7.55. The third kappa shape index (κ3) is 5.63. The Morgan fingerprint density at radius 3 is 2.16 bits per heavy atom. The van der Waals surface area contributed by atoms with Crippen molar-refractivity contribution < 1.29 is 8.42 Å². The van der Waals surface area contributed by atoms with E-state index in [0.717, 1.165) is 23.7 Å². The Hall–Kier alpha value is -0.390. The van der Waals surface area contributed by atoms with Gasteiger partial charge in [-0.05, 0) is 43.4 Å². The van der Waals surface area contributed by atoms with Crippen molar-refractivity contribution in [2.24, 2.45) is 5.92 Å². The van der Waals surface area contributed by atoms with Gasteiger partial charge in [-0.2, -0.15) is 0 Å². The smallest absolute Gasteiger partial charge is 0.208 e. The highest BCUT2D eigenvalue weighted by atomic mass is 79.9. The average molecular weight is 348 g/mol. The number of hydrogen-bond acceptors (Lipinski definition) is 2. The lowest BCUT2D eigenvalue weighted by Gasteiger charge is -2.15. The van der Waals surface area contributed by atoms with Gasteiger partial charge in [0.1, 0.15) is 0 Å². The Morgan fingerprint density at radius 2 is 1.68 bits per heavy atom. The van der Waals surface area contributed by atoms with E-state index in [0.29, 0.717) is 10.8 Å². The monoisotopic (exact) mass is 347 g/mol. The summed E-state index contributed by atoms with van der Waals surface area (Å²) in [6.07, 6.45) is 1.88. The molecule has 1 aromatic rings. The van der Waals surface area contributed by atoms with E-state index in [4.69, 9.17) is 0 Å². The minimum atomic E-state index is -3.40. The van der Waals surface area contributed by atoms with Crippen molar-refractivity contribution >= 4 is 26.0 Å². The molecule has 0 fully saturated rings. The summed E-state index contributed by atoms with van der Waals surface area (Å²) in [6, 6.07) is 6.90. The SMILES string of the molecule is CC(C)CCC(C)NS(=O)(=O)c1ccc(CBr)cc1. The third-order valence-electron chi connectivity index (χ3n) is 2.92. The average Bonchev–Trinajstić information content (AvgIpc) is 2.36. The first kappa shape index (κ1) is 16.7. The Labute approximate surface area is 125 Å². The Kier molecular flexibility index (Phi) is 6.50. The molecule has 0 aliphatic heterocycles. The predicted molar refractivity (Wildman–Crippen MR) is 82.9 cm³/mol. The van der Waals surface area contributed by atoms with Crippen LogP contribution in [-0.2, 0) is 15.4 Å². The summed E-state index contributed by atoms with van der Waals surface area (Å²) in [5.41, 5.74) is 1.06. The highest BCUT2D eigenvalue weighted by Gasteiger charge is 2.17. The van der Waals surface area contributed by atoms with Gasteiger partial charge in [-0.1, -0.05) is 41.9 Å². The molecule has 1 unspecified atom stereocenters. The molecule has 1 rings (SSSR count). The van der Waals surface area contributed by atoms with Crippen LogP contribution in [0.5, 0.6) is 0 Å². The summed E-state index contributed by atoms with van der Waals surface area (Å²) in [5.74, 6) is 0.588. The summed E-state index contributed by atoms with van der Waals surface area (Å²) >= 11 is 3.34. The van der Waals surface area contributed by atoms with Crippen molar-refractivity contribution in [3.8, 4) is 0 Å². The van der Waals surface area contributed by atoms with Gasteiger partial charge in [0.25, 0.3) is 0 Å². The van der Waals surface area contributed by atoms with E-state index in [9.17, 15) is 8.42 Å². The molecule has 0 heterocycles. The number of hydrogen-bond donors (Lipinski definition) is 1. The number of rotatable bonds is 7. The first-order valence-electron chi connectivity index (χ1n) is 6.52. The van der Waals surface area contributed by atoms with E-state index in [1.165, 1.54) is 0 Å². The summed E-state index contributed by atoms with van der Waals surface area (Å²) in [5, 5.41) is 0.728. The van der Waals surface area contributed by atoms with Crippen LogP contribution >= 0.6 is 15.9 Å². The summed E-state index contributed by atoms with van der Waals surface area (Å²) < 4.78 is 27.1. The lowest BCUT2D eigenvalue weighted by molar-refractivity contribution is 0.485. The first-order valence-corrected chi connectivity index (χ1v) is 9.13. The van der Waals surface area contributed by atoms with Crippen molar-refractivity contribution in [1.82, 2.24) is 4.72 Å². The molecule has 108 valence electrons. The number of benzene rings is 1. The quantitative estimate of drug-likeness (QED) is 0.764. The zero-order valence-electron chi connectivity index (χ0n) is 11.7. The van der Waals surface area contributed by atoms with Gasteiger partial charge in [0.15, 0.2) is 0 Å². The summed E-state index contributed by atoms with van der Waals surface area (Å²) in [4.78, 5) is 0.327. The zero-order valence-corrected chi connectivity index (χ0v) is 14.1. The molecule has 1 N–H and O–H groups in total. The lowest BCUT2D eigenvalue weighted by Crippen LogP contribution is -2.32. The van der Waals surface area contributed by atoms with Crippen molar-refractivity contribution in [3.63, 3.8) is 0 Å². The van der Waals surface area contributed by atoms with Crippen LogP contribution < -0.4 is 4.72 Å². The van der Waals surface area contributed by atoms with Gasteiger partial charge in [0, 0.05) is 11.4 Å². The van der Waals surface area contributed by atoms with Gasteiger partial charge < -0.3 is 0 Å². The lowest BCUT2D eigenvalue weighted by atomic mass is 10.1. The van der Waals surface area contributed by atoms with Crippen LogP contribution in [0, 0.1) is 5.92 Å². The van der Waals surface area contributed by atoms with Crippen LogP contribution in [0.15, 0.2) is 29.2 Å². The molecule has 0 aliphatic carbocycles. The van der Waals surface area contributed by atoms with E-state index in [2.05, 4.69) is 34.5 Å². The van der Waals surface area contributed by atoms with Crippen molar-refractivity contribution in [3.05, 3.63) is 29.8 Å². The zero-order chi connectivity index (χ0) is 14.5. The summed E-state index contributed by atoms with van der Waals surface area (Å²) in [6.45, 7) is 6.19. The number of halogens is 1. The minimum absolute atomic E-state index is 0.0387. The van der Waals surface area contributed by atoms with Crippen molar-refractivity contribution in [2.45, 2.75) is 49.9 Å². The molecule has 19 heavy (non-hydrogen) atoms. The molecule has 5 heteroatoms.